The highest BCUT2D eigenvalue weighted by Gasteiger charge is 2.12. The van der Waals surface area contributed by atoms with Gasteiger partial charge < -0.3 is 5.11 Å². The number of benzene rings is 1. The molecule has 1 aromatic rings. The first kappa shape index (κ1) is 9.56. The van der Waals surface area contributed by atoms with Crippen molar-refractivity contribution >= 4 is 17.6 Å². The molecule has 0 heterocycles. The van der Waals surface area contributed by atoms with Crippen LogP contribution >= 0.6 is 11.6 Å². The first-order valence-corrected chi connectivity index (χ1v) is 3.87. The Morgan fingerprint density at radius 1 is 1.62 bits per heavy atom. The molecule has 0 bridgehead atoms. The summed E-state index contributed by atoms with van der Waals surface area (Å²) < 4.78 is 0. The van der Waals surface area contributed by atoms with Crippen LogP contribution in [0.1, 0.15) is 21.5 Å². The van der Waals surface area contributed by atoms with E-state index < -0.39 is 5.97 Å². The van der Waals surface area contributed by atoms with Crippen LogP contribution in [0.5, 0.6) is 0 Å². The molecule has 0 atom stereocenters. The zero-order chi connectivity index (χ0) is 10.0. The molecule has 1 N–H and O–H groups in total. The number of carbonyl (C=O) groups is 1. The van der Waals surface area contributed by atoms with Gasteiger partial charge in [0.15, 0.2) is 0 Å². The third kappa shape index (κ3) is 1.79. The summed E-state index contributed by atoms with van der Waals surface area (Å²) in [6.45, 7) is 1.65. The quantitative estimate of drug-likeness (QED) is 0.748. The van der Waals surface area contributed by atoms with E-state index >= 15 is 0 Å². The monoisotopic (exact) mass is 195 g/mol. The topological polar surface area (TPSA) is 61.1 Å². The van der Waals surface area contributed by atoms with Gasteiger partial charge in [-0.25, -0.2) is 4.79 Å². The Labute approximate surface area is 80.2 Å². The highest BCUT2D eigenvalue weighted by Crippen LogP contribution is 2.19. The van der Waals surface area contributed by atoms with Crippen LogP contribution in [0.25, 0.3) is 0 Å². The van der Waals surface area contributed by atoms with Crippen molar-refractivity contribution in [2.75, 3.05) is 0 Å². The minimum atomic E-state index is -1.14. The summed E-state index contributed by atoms with van der Waals surface area (Å²) in [5.74, 6) is -1.14. The maximum Gasteiger partial charge on any atom is 0.337 e. The summed E-state index contributed by atoms with van der Waals surface area (Å²) in [6, 6.07) is 4.67. The lowest BCUT2D eigenvalue weighted by atomic mass is 10.0. The zero-order valence-corrected chi connectivity index (χ0v) is 7.59. The summed E-state index contributed by atoms with van der Waals surface area (Å²) in [4.78, 5) is 10.7. The number of carboxylic acids is 1. The van der Waals surface area contributed by atoms with Crippen molar-refractivity contribution in [2.24, 2.45) is 0 Å². The average Bonchev–Trinajstić information content (AvgIpc) is 2.02. The molecule has 0 aliphatic rings. The maximum atomic E-state index is 10.7. The molecule has 4 heteroatoms. The SMILES string of the molecule is Cc1cc(Cl)cc(C(=O)O)c1C#N. The number of aromatic carboxylic acids is 1. The minimum absolute atomic E-state index is 0.0486. The smallest absolute Gasteiger partial charge is 0.337 e. The van der Waals surface area contributed by atoms with Crippen molar-refractivity contribution in [3.8, 4) is 6.07 Å². The highest BCUT2D eigenvalue weighted by atomic mass is 35.5. The van der Waals surface area contributed by atoms with Gasteiger partial charge in [-0.05, 0) is 24.6 Å². The van der Waals surface area contributed by atoms with Crippen LogP contribution in [0.2, 0.25) is 5.02 Å². The fourth-order valence-electron chi connectivity index (χ4n) is 1.06. The third-order valence-corrected chi connectivity index (χ3v) is 1.86. The van der Waals surface area contributed by atoms with E-state index in [4.69, 9.17) is 22.0 Å². The van der Waals surface area contributed by atoms with E-state index in [1.165, 1.54) is 6.07 Å². The van der Waals surface area contributed by atoms with E-state index in [9.17, 15) is 4.79 Å². The lowest BCUT2D eigenvalue weighted by Gasteiger charge is -2.02. The number of aryl methyl sites for hydroxylation is 1. The van der Waals surface area contributed by atoms with E-state index in [2.05, 4.69) is 0 Å². The van der Waals surface area contributed by atoms with Crippen molar-refractivity contribution in [1.82, 2.24) is 0 Å². The lowest BCUT2D eigenvalue weighted by molar-refractivity contribution is 0.0696. The molecule has 3 nitrogen and oxygen atoms in total. The number of nitrogens with zero attached hydrogens (tertiary/aromatic N) is 1. The molecular weight excluding hydrogens is 190 g/mol. The van der Waals surface area contributed by atoms with Crippen molar-refractivity contribution in [3.63, 3.8) is 0 Å². The predicted octanol–water partition coefficient (Wildman–Crippen LogP) is 2.22. The van der Waals surface area contributed by atoms with Gasteiger partial charge in [-0.1, -0.05) is 11.6 Å². The van der Waals surface area contributed by atoms with Gasteiger partial charge in [-0.15, -0.1) is 0 Å². The Bertz CT molecular complexity index is 407. The van der Waals surface area contributed by atoms with Gasteiger partial charge in [-0.3, -0.25) is 0 Å². The Kier molecular flexibility index (Phi) is 2.54. The van der Waals surface area contributed by atoms with E-state index in [1.807, 2.05) is 6.07 Å². The second kappa shape index (κ2) is 3.46. The average molecular weight is 196 g/mol. The summed E-state index contributed by atoms with van der Waals surface area (Å²) in [5.41, 5.74) is 0.691. The molecule has 1 rings (SSSR count). The van der Waals surface area contributed by atoms with Gasteiger partial charge in [0, 0.05) is 5.02 Å². The Hall–Kier alpha value is -1.53. The summed E-state index contributed by atoms with van der Waals surface area (Å²) in [6.07, 6.45) is 0. The fraction of sp³-hybridized carbons (Fsp3) is 0.111. The van der Waals surface area contributed by atoms with Crippen LogP contribution in [-0.2, 0) is 0 Å². The van der Waals surface area contributed by atoms with Crippen LogP contribution < -0.4 is 0 Å². The van der Waals surface area contributed by atoms with Gasteiger partial charge >= 0.3 is 5.97 Å². The molecular formula is C9H6ClNO2. The van der Waals surface area contributed by atoms with Gasteiger partial charge in [0.25, 0.3) is 0 Å². The predicted molar refractivity (Wildman–Crippen MR) is 47.9 cm³/mol. The number of carboxylic acid groups (broad SMARTS) is 1. The molecule has 0 saturated heterocycles. The number of hydrogen-bond donors (Lipinski definition) is 1. The standard InChI is InChI=1S/C9H6ClNO2/c1-5-2-6(10)3-7(9(12)13)8(5)4-11/h2-3H,1H3,(H,12,13). The van der Waals surface area contributed by atoms with Crippen molar-refractivity contribution in [3.05, 3.63) is 33.8 Å². The molecule has 13 heavy (non-hydrogen) atoms. The second-order valence-corrected chi connectivity index (χ2v) is 3.00. The van der Waals surface area contributed by atoms with E-state index in [0.29, 0.717) is 10.6 Å². The third-order valence-electron chi connectivity index (χ3n) is 1.64. The van der Waals surface area contributed by atoms with Gasteiger partial charge in [0.1, 0.15) is 6.07 Å². The summed E-state index contributed by atoms with van der Waals surface area (Å²) >= 11 is 5.65. The molecule has 66 valence electrons. The first-order valence-electron chi connectivity index (χ1n) is 3.50. The molecule has 0 saturated carbocycles. The number of nitriles is 1. The zero-order valence-electron chi connectivity index (χ0n) is 6.84. The van der Waals surface area contributed by atoms with Gasteiger partial charge in [0.05, 0.1) is 11.1 Å². The minimum Gasteiger partial charge on any atom is -0.478 e. The first-order chi connectivity index (χ1) is 6.06. The second-order valence-electron chi connectivity index (χ2n) is 2.56. The molecule has 1 aromatic carbocycles. The van der Waals surface area contributed by atoms with Gasteiger partial charge in [-0.2, -0.15) is 5.26 Å². The van der Waals surface area contributed by atoms with Crippen LogP contribution in [0, 0.1) is 18.3 Å². The number of rotatable bonds is 1. The van der Waals surface area contributed by atoms with E-state index in [0.717, 1.165) is 0 Å². The van der Waals surface area contributed by atoms with Crippen LogP contribution in [0.3, 0.4) is 0 Å². The molecule has 0 unspecified atom stereocenters. The molecule has 0 fully saturated rings. The van der Waals surface area contributed by atoms with Crippen molar-refractivity contribution < 1.29 is 9.90 Å². The Balaban J connectivity index is 3.50. The van der Waals surface area contributed by atoms with Crippen molar-refractivity contribution in [1.29, 1.82) is 5.26 Å². The highest BCUT2D eigenvalue weighted by molar-refractivity contribution is 6.31. The Morgan fingerprint density at radius 3 is 2.69 bits per heavy atom. The lowest BCUT2D eigenvalue weighted by Crippen LogP contribution is -2.01. The van der Waals surface area contributed by atoms with E-state index in [-0.39, 0.29) is 11.1 Å². The molecule has 0 aliphatic carbocycles. The molecule has 0 amide bonds. The summed E-state index contributed by atoms with van der Waals surface area (Å²) in [7, 11) is 0. The number of hydrogen-bond acceptors (Lipinski definition) is 2. The molecule has 0 spiro atoms. The number of halogens is 1. The van der Waals surface area contributed by atoms with Crippen molar-refractivity contribution in [2.45, 2.75) is 6.92 Å². The molecule has 0 aliphatic heterocycles. The maximum absolute atomic E-state index is 10.7. The molecule has 0 aromatic heterocycles. The van der Waals surface area contributed by atoms with E-state index in [1.54, 1.807) is 13.0 Å². The fourth-order valence-corrected chi connectivity index (χ4v) is 1.33. The normalized spacial score (nSPS) is 9.31. The molecule has 0 radical (unpaired) electrons. The largest absolute Gasteiger partial charge is 0.478 e. The van der Waals surface area contributed by atoms with Crippen LogP contribution in [0.15, 0.2) is 12.1 Å². The van der Waals surface area contributed by atoms with Crippen LogP contribution in [-0.4, -0.2) is 11.1 Å². The summed E-state index contributed by atoms with van der Waals surface area (Å²) in [5, 5.41) is 17.7. The van der Waals surface area contributed by atoms with Gasteiger partial charge in [0.2, 0.25) is 0 Å². The Morgan fingerprint density at radius 2 is 2.23 bits per heavy atom. The van der Waals surface area contributed by atoms with Crippen LogP contribution in [0.4, 0.5) is 0 Å².